The van der Waals surface area contributed by atoms with E-state index >= 15 is 0 Å². The lowest BCUT2D eigenvalue weighted by molar-refractivity contribution is -0.143. The second kappa shape index (κ2) is 13.5. The summed E-state index contributed by atoms with van der Waals surface area (Å²) in [6.45, 7) is 2.69. The first-order valence-electron chi connectivity index (χ1n) is 13.5. The van der Waals surface area contributed by atoms with E-state index in [1.165, 1.54) is 4.90 Å². The Morgan fingerprint density at radius 3 is 1.95 bits per heavy atom. The number of ether oxygens (including phenoxy) is 1. The molecule has 3 aliphatic rings. The van der Waals surface area contributed by atoms with E-state index < -0.39 is 36.5 Å². The summed E-state index contributed by atoms with van der Waals surface area (Å²) in [5, 5.41) is 33.3. The third-order valence-corrected chi connectivity index (χ3v) is 7.40. The van der Waals surface area contributed by atoms with Gasteiger partial charge in [0.1, 0.15) is 12.6 Å². The van der Waals surface area contributed by atoms with Crippen LogP contribution in [0.4, 0.5) is 4.79 Å². The molecule has 2 heterocycles. The Hall–Kier alpha value is -3.47. The molecule has 2 aromatic carbocycles. The van der Waals surface area contributed by atoms with Gasteiger partial charge < -0.3 is 35.6 Å². The second-order valence-corrected chi connectivity index (χ2v) is 10.2. The summed E-state index contributed by atoms with van der Waals surface area (Å²) in [5.41, 5.74) is 4.32. The smallest absolute Gasteiger partial charge is 0.407 e. The first-order chi connectivity index (χ1) is 18.8. The number of aliphatic hydroxyl groups is 2. The van der Waals surface area contributed by atoms with Crippen LogP contribution >= 0.6 is 0 Å². The highest BCUT2D eigenvalue weighted by Crippen LogP contribution is 2.44. The molecule has 10 heteroatoms. The standard InChI is InChI=1S/C24H26N2O6.C5H11NO/c27-15-9-11-26(12-10-15)23(30)21(13-22(28)29)25-24(31)32-14-20-18-7-3-1-5-16(18)17-6-2-4-8-19(17)20;7-5-1-3-6-4-2-5/h1-8,15,20-21,27H,9-14H2,(H,25,31)(H,28,29);5-7H,1-4H2/t21-;/m0./s1. The molecule has 0 spiro atoms. The van der Waals surface area contributed by atoms with Crippen LogP contribution < -0.4 is 10.6 Å². The highest BCUT2D eigenvalue weighted by atomic mass is 16.5. The summed E-state index contributed by atoms with van der Waals surface area (Å²) in [6.07, 6.45) is 0.853. The molecule has 2 amide bonds. The number of carboxylic acid groups (broad SMARTS) is 1. The molecule has 210 valence electrons. The van der Waals surface area contributed by atoms with Crippen LogP contribution in [0.3, 0.4) is 0 Å². The van der Waals surface area contributed by atoms with E-state index in [-0.39, 0.29) is 18.6 Å². The zero-order chi connectivity index (χ0) is 27.8. The largest absolute Gasteiger partial charge is 0.481 e. The van der Waals surface area contributed by atoms with Crippen LogP contribution in [0.2, 0.25) is 0 Å². The maximum atomic E-state index is 12.8. The molecule has 1 atom stereocenters. The molecule has 10 nitrogen and oxygen atoms in total. The van der Waals surface area contributed by atoms with Crippen LogP contribution in [-0.4, -0.2) is 89.2 Å². The van der Waals surface area contributed by atoms with Crippen molar-refractivity contribution < 1.29 is 34.4 Å². The molecule has 0 bridgehead atoms. The first-order valence-corrected chi connectivity index (χ1v) is 13.5. The normalized spacial score (nSPS) is 18.3. The monoisotopic (exact) mass is 539 g/mol. The zero-order valence-corrected chi connectivity index (χ0v) is 21.9. The van der Waals surface area contributed by atoms with Gasteiger partial charge in [-0.2, -0.15) is 0 Å². The molecule has 2 aromatic rings. The SMILES string of the molecule is O=C(O)C[C@H](NC(=O)OCC1c2ccccc2-c2ccccc21)C(=O)N1CCC(O)CC1.OC1CCNCC1. The highest BCUT2D eigenvalue weighted by molar-refractivity contribution is 5.89. The molecule has 0 aromatic heterocycles. The number of carbonyl (C=O) groups is 3. The number of hydrogen-bond donors (Lipinski definition) is 5. The molecule has 0 unspecified atom stereocenters. The van der Waals surface area contributed by atoms with Crippen LogP contribution in [0.15, 0.2) is 48.5 Å². The summed E-state index contributed by atoms with van der Waals surface area (Å²) in [4.78, 5) is 38.0. The van der Waals surface area contributed by atoms with Crippen LogP contribution in [-0.2, 0) is 14.3 Å². The number of alkyl carbamates (subject to hydrolysis) is 1. The number of aliphatic carboxylic acids is 1. The number of nitrogens with one attached hydrogen (secondary N) is 2. The third kappa shape index (κ3) is 7.56. The zero-order valence-electron chi connectivity index (χ0n) is 21.9. The fraction of sp³-hybridized carbons (Fsp3) is 0.483. The molecule has 0 radical (unpaired) electrons. The lowest BCUT2D eigenvalue weighted by Crippen LogP contribution is -2.52. The topological polar surface area (TPSA) is 148 Å². The van der Waals surface area contributed by atoms with Crippen molar-refractivity contribution >= 4 is 18.0 Å². The van der Waals surface area contributed by atoms with Gasteiger partial charge in [0.2, 0.25) is 5.91 Å². The summed E-state index contributed by atoms with van der Waals surface area (Å²) in [7, 11) is 0. The number of benzene rings is 2. The minimum Gasteiger partial charge on any atom is -0.481 e. The van der Waals surface area contributed by atoms with Crippen molar-refractivity contribution in [2.75, 3.05) is 32.8 Å². The van der Waals surface area contributed by atoms with Crippen molar-refractivity contribution in [2.45, 2.75) is 56.3 Å². The van der Waals surface area contributed by atoms with Crippen molar-refractivity contribution in [3.63, 3.8) is 0 Å². The average Bonchev–Trinajstić information content (AvgIpc) is 3.26. The van der Waals surface area contributed by atoms with Crippen molar-refractivity contribution in [2.24, 2.45) is 0 Å². The summed E-state index contributed by atoms with van der Waals surface area (Å²) in [5.74, 6) is -1.81. The van der Waals surface area contributed by atoms with Crippen molar-refractivity contribution in [1.29, 1.82) is 0 Å². The Morgan fingerprint density at radius 1 is 0.897 bits per heavy atom. The number of rotatable bonds is 6. The number of carbonyl (C=O) groups excluding carboxylic acids is 2. The molecule has 39 heavy (non-hydrogen) atoms. The van der Waals surface area contributed by atoms with Crippen LogP contribution in [0, 0.1) is 0 Å². The number of aliphatic hydroxyl groups excluding tert-OH is 2. The number of piperidine rings is 2. The van der Waals surface area contributed by atoms with Crippen molar-refractivity contribution in [1.82, 2.24) is 15.5 Å². The van der Waals surface area contributed by atoms with Gasteiger partial charge in [-0.05, 0) is 61.0 Å². The Kier molecular flexibility index (Phi) is 9.91. The van der Waals surface area contributed by atoms with Crippen LogP contribution in [0.1, 0.15) is 49.1 Å². The molecule has 2 saturated heterocycles. The third-order valence-electron chi connectivity index (χ3n) is 7.40. The number of fused-ring (bicyclic) bond motifs is 3. The number of likely N-dealkylation sites (tertiary alicyclic amines) is 1. The quantitative estimate of drug-likeness (QED) is 0.375. The van der Waals surface area contributed by atoms with Gasteiger partial charge >= 0.3 is 12.1 Å². The Bertz CT molecular complexity index is 1100. The van der Waals surface area contributed by atoms with Crippen LogP contribution in [0.25, 0.3) is 11.1 Å². The van der Waals surface area contributed by atoms with Gasteiger partial charge in [-0.1, -0.05) is 48.5 Å². The van der Waals surface area contributed by atoms with E-state index in [2.05, 4.69) is 10.6 Å². The lowest BCUT2D eigenvalue weighted by Gasteiger charge is -2.32. The van der Waals surface area contributed by atoms with Gasteiger partial charge in [-0.15, -0.1) is 0 Å². The highest BCUT2D eigenvalue weighted by Gasteiger charge is 2.32. The fourth-order valence-corrected chi connectivity index (χ4v) is 5.27. The van der Waals surface area contributed by atoms with E-state index in [4.69, 9.17) is 9.84 Å². The average molecular weight is 540 g/mol. The van der Waals surface area contributed by atoms with Crippen LogP contribution in [0.5, 0.6) is 0 Å². The van der Waals surface area contributed by atoms with E-state index in [1.807, 2.05) is 48.5 Å². The van der Waals surface area contributed by atoms with Gasteiger partial charge in [0.05, 0.1) is 18.6 Å². The first kappa shape index (κ1) is 28.5. The maximum absolute atomic E-state index is 12.8. The summed E-state index contributed by atoms with van der Waals surface area (Å²) < 4.78 is 5.45. The predicted molar refractivity (Wildman–Crippen MR) is 144 cm³/mol. The molecule has 5 N–H and O–H groups in total. The number of hydrogen-bond acceptors (Lipinski definition) is 7. The lowest BCUT2D eigenvalue weighted by atomic mass is 9.98. The second-order valence-electron chi connectivity index (χ2n) is 10.2. The summed E-state index contributed by atoms with van der Waals surface area (Å²) >= 11 is 0. The number of nitrogens with zero attached hydrogens (tertiary/aromatic N) is 1. The van der Waals surface area contributed by atoms with Gasteiger partial charge in [-0.3, -0.25) is 9.59 Å². The molecule has 2 aliphatic heterocycles. The van der Waals surface area contributed by atoms with E-state index in [1.54, 1.807) is 0 Å². The van der Waals surface area contributed by atoms with Crippen molar-refractivity contribution in [3.05, 3.63) is 59.7 Å². The van der Waals surface area contributed by atoms with E-state index in [0.717, 1.165) is 48.2 Å². The number of amides is 2. The number of carboxylic acids is 1. The molecule has 1 aliphatic carbocycles. The molecule has 0 saturated carbocycles. The minimum absolute atomic E-state index is 0.0266. The maximum Gasteiger partial charge on any atom is 0.407 e. The van der Waals surface area contributed by atoms with Gasteiger partial charge in [0.15, 0.2) is 0 Å². The Morgan fingerprint density at radius 2 is 1.44 bits per heavy atom. The molecular formula is C29H37N3O7. The Balaban J connectivity index is 0.000000438. The predicted octanol–water partition coefficient (Wildman–Crippen LogP) is 2.08. The van der Waals surface area contributed by atoms with E-state index in [0.29, 0.717) is 25.9 Å². The molecular weight excluding hydrogens is 502 g/mol. The molecule has 5 rings (SSSR count). The van der Waals surface area contributed by atoms with Crippen molar-refractivity contribution in [3.8, 4) is 11.1 Å². The molecule has 2 fully saturated rings. The van der Waals surface area contributed by atoms with Gasteiger partial charge in [-0.25, -0.2) is 4.79 Å². The fourth-order valence-electron chi connectivity index (χ4n) is 5.27. The Labute approximate surface area is 228 Å². The van der Waals surface area contributed by atoms with Gasteiger partial charge in [0.25, 0.3) is 0 Å². The van der Waals surface area contributed by atoms with E-state index in [9.17, 15) is 24.6 Å². The minimum atomic E-state index is -1.22. The van der Waals surface area contributed by atoms with Gasteiger partial charge in [0, 0.05) is 19.0 Å². The summed E-state index contributed by atoms with van der Waals surface area (Å²) in [6, 6.07) is 14.7.